The smallest absolute Gasteiger partial charge is 0.339 e. The molecule has 6 heteroatoms. The highest BCUT2D eigenvalue weighted by Crippen LogP contribution is 2.10. The average Bonchev–Trinajstić information content (AvgIpc) is 2.65. The summed E-state index contributed by atoms with van der Waals surface area (Å²) < 4.78 is 12.2. The van der Waals surface area contributed by atoms with E-state index in [2.05, 4.69) is 5.10 Å². The lowest BCUT2D eigenvalue weighted by Crippen LogP contribution is -2.17. The molecule has 0 bridgehead atoms. The first-order valence-corrected chi connectivity index (χ1v) is 5.49. The van der Waals surface area contributed by atoms with E-state index in [0.29, 0.717) is 18.9 Å². The fourth-order valence-corrected chi connectivity index (χ4v) is 1.37. The summed E-state index contributed by atoms with van der Waals surface area (Å²) in [6.45, 7) is 5.14. The van der Waals surface area contributed by atoms with Crippen molar-refractivity contribution in [3.63, 3.8) is 0 Å². The summed E-state index contributed by atoms with van der Waals surface area (Å²) in [6.07, 6.45) is 1.25. The molecule has 17 heavy (non-hydrogen) atoms. The molecular weight excluding hydrogens is 224 g/mol. The van der Waals surface area contributed by atoms with Crippen LogP contribution >= 0.6 is 0 Å². The van der Waals surface area contributed by atoms with Gasteiger partial charge in [-0.1, -0.05) is 0 Å². The van der Waals surface area contributed by atoms with Gasteiger partial charge in [-0.2, -0.15) is 5.10 Å². The molecule has 0 amide bonds. The molecule has 0 saturated carbocycles. The van der Waals surface area contributed by atoms with Crippen molar-refractivity contribution >= 4 is 5.97 Å². The highest BCUT2D eigenvalue weighted by atomic mass is 16.5. The minimum Gasteiger partial charge on any atom is -0.478 e. The maximum Gasteiger partial charge on any atom is 0.339 e. The molecule has 1 atom stereocenters. The van der Waals surface area contributed by atoms with E-state index in [1.165, 1.54) is 10.9 Å². The number of aryl methyl sites for hydroxylation is 1. The highest BCUT2D eigenvalue weighted by molar-refractivity contribution is 5.88. The van der Waals surface area contributed by atoms with E-state index in [4.69, 9.17) is 14.6 Å². The van der Waals surface area contributed by atoms with Crippen molar-refractivity contribution in [3.05, 3.63) is 17.5 Å². The summed E-state index contributed by atoms with van der Waals surface area (Å²) in [7, 11) is 1.69. The molecule has 1 aromatic rings. The predicted octanol–water partition coefficient (Wildman–Crippen LogP) is 1.06. The number of carbonyl (C=O) groups is 1. The maximum absolute atomic E-state index is 10.9. The lowest BCUT2D eigenvalue weighted by Gasteiger charge is -2.13. The van der Waals surface area contributed by atoms with Crippen molar-refractivity contribution in [2.75, 3.05) is 13.2 Å². The van der Waals surface area contributed by atoms with Crippen LogP contribution < -0.4 is 0 Å². The van der Waals surface area contributed by atoms with Crippen LogP contribution in [0, 0.1) is 0 Å². The lowest BCUT2D eigenvalue weighted by molar-refractivity contribution is -0.0139. The highest BCUT2D eigenvalue weighted by Gasteiger charge is 2.15. The predicted molar refractivity (Wildman–Crippen MR) is 60.9 cm³/mol. The number of carboxylic acid groups (broad SMARTS) is 1. The number of nitrogens with zero attached hydrogens (tertiary/aromatic N) is 2. The van der Waals surface area contributed by atoms with E-state index in [1.54, 1.807) is 7.05 Å². The summed E-state index contributed by atoms with van der Waals surface area (Å²) in [4.78, 5) is 10.9. The molecule has 0 fully saturated rings. The Morgan fingerprint density at radius 1 is 1.65 bits per heavy atom. The minimum absolute atomic E-state index is 0.0773. The number of aromatic nitrogens is 2. The van der Waals surface area contributed by atoms with Crippen LogP contribution in [0.4, 0.5) is 0 Å². The molecule has 0 saturated heterocycles. The molecule has 0 radical (unpaired) electrons. The Hall–Kier alpha value is -1.40. The Labute approximate surface area is 100 Å². The van der Waals surface area contributed by atoms with E-state index in [1.807, 2.05) is 13.8 Å². The van der Waals surface area contributed by atoms with Gasteiger partial charge in [0.05, 0.1) is 31.2 Å². The molecule has 0 aliphatic heterocycles. The molecule has 0 aliphatic rings. The van der Waals surface area contributed by atoms with Gasteiger partial charge in [-0.15, -0.1) is 0 Å². The molecule has 96 valence electrons. The van der Waals surface area contributed by atoms with Gasteiger partial charge < -0.3 is 14.6 Å². The zero-order valence-electron chi connectivity index (χ0n) is 10.3. The SMILES string of the molecule is CCOCC(C)OCc1c(C(=O)O)cnn1C. The van der Waals surface area contributed by atoms with Crippen LogP contribution in [0.2, 0.25) is 0 Å². The third kappa shape index (κ3) is 3.83. The summed E-state index contributed by atoms with van der Waals surface area (Å²) in [5.41, 5.74) is 0.733. The summed E-state index contributed by atoms with van der Waals surface area (Å²) in [6, 6.07) is 0. The quantitative estimate of drug-likeness (QED) is 0.774. The largest absolute Gasteiger partial charge is 0.478 e. The number of ether oxygens (including phenoxy) is 2. The van der Waals surface area contributed by atoms with Crippen molar-refractivity contribution in [2.24, 2.45) is 7.05 Å². The fraction of sp³-hybridized carbons (Fsp3) is 0.636. The van der Waals surface area contributed by atoms with Gasteiger partial charge in [-0.05, 0) is 13.8 Å². The van der Waals surface area contributed by atoms with Crippen molar-refractivity contribution in [2.45, 2.75) is 26.6 Å². The normalized spacial score (nSPS) is 12.6. The first-order valence-electron chi connectivity index (χ1n) is 5.49. The average molecular weight is 242 g/mol. The maximum atomic E-state index is 10.9. The van der Waals surface area contributed by atoms with Gasteiger partial charge in [0.2, 0.25) is 0 Å². The van der Waals surface area contributed by atoms with Crippen molar-refractivity contribution in [1.82, 2.24) is 9.78 Å². The van der Waals surface area contributed by atoms with E-state index in [-0.39, 0.29) is 18.3 Å². The molecule has 1 aromatic heterocycles. The second-order valence-electron chi connectivity index (χ2n) is 3.71. The van der Waals surface area contributed by atoms with Crippen LogP contribution in [0.15, 0.2) is 6.20 Å². The molecule has 0 aliphatic carbocycles. The van der Waals surface area contributed by atoms with E-state index in [9.17, 15) is 4.79 Å². The van der Waals surface area contributed by atoms with Crippen LogP contribution in [0.1, 0.15) is 29.9 Å². The van der Waals surface area contributed by atoms with Gasteiger partial charge in [-0.25, -0.2) is 4.79 Å². The molecule has 1 heterocycles. The van der Waals surface area contributed by atoms with Gasteiger partial charge >= 0.3 is 5.97 Å². The Balaban J connectivity index is 2.56. The molecular formula is C11H18N2O4. The fourth-order valence-electron chi connectivity index (χ4n) is 1.37. The molecule has 1 unspecified atom stereocenters. The molecule has 1 N–H and O–H groups in total. The zero-order valence-corrected chi connectivity index (χ0v) is 10.3. The third-order valence-electron chi connectivity index (χ3n) is 2.35. The molecule has 6 nitrogen and oxygen atoms in total. The van der Waals surface area contributed by atoms with Gasteiger partial charge in [0.15, 0.2) is 0 Å². The number of rotatable bonds is 7. The van der Waals surface area contributed by atoms with Crippen LogP contribution in [0.5, 0.6) is 0 Å². The van der Waals surface area contributed by atoms with Crippen molar-refractivity contribution in [3.8, 4) is 0 Å². The van der Waals surface area contributed by atoms with Gasteiger partial charge in [0.25, 0.3) is 0 Å². The summed E-state index contributed by atoms with van der Waals surface area (Å²) in [5.74, 6) is -0.992. The van der Waals surface area contributed by atoms with Gasteiger partial charge in [-0.3, -0.25) is 4.68 Å². The van der Waals surface area contributed by atoms with E-state index < -0.39 is 5.97 Å². The first-order chi connectivity index (χ1) is 8.06. The van der Waals surface area contributed by atoms with Crippen LogP contribution in [-0.2, 0) is 23.1 Å². The number of aromatic carboxylic acids is 1. The summed E-state index contributed by atoms with van der Waals surface area (Å²) in [5, 5.41) is 12.9. The van der Waals surface area contributed by atoms with Crippen molar-refractivity contribution in [1.29, 1.82) is 0 Å². The second kappa shape index (κ2) is 6.36. The van der Waals surface area contributed by atoms with Gasteiger partial charge in [0.1, 0.15) is 5.56 Å². The van der Waals surface area contributed by atoms with E-state index in [0.717, 1.165) is 0 Å². The zero-order chi connectivity index (χ0) is 12.8. The number of hydrogen-bond acceptors (Lipinski definition) is 4. The molecule has 0 aromatic carbocycles. The number of hydrogen-bond donors (Lipinski definition) is 1. The van der Waals surface area contributed by atoms with E-state index >= 15 is 0 Å². The first kappa shape index (κ1) is 13.7. The lowest BCUT2D eigenvalue weighted by atomic mass is 10.2. The molecule has 0 spiro atoms. The monoisotopic (exact) mass is 242 g/mol. The van der Waals surface area contributed by atoms with Crippen molar-refractivity contribution < 1.29 is 19.4 Å². The number of carboxylic acids is 1. The Morgan fingerprint density at radius 3 is 2.94 bits per heavy atom. The standard InChI is InChI=1S/C11H18N2O4/c1-4-16-6-8(2)17-7-10-9(11(14)15)5-12-13(10)3/h5,8H,4,6-7H2,1-3H3,(H,14,15). The van der Waals surface area contributed by atoms with Crippen LogP contribution in [0.3, 0.4) is 0 Å². The minimum atomic E-state index is -0.992. The Morgan fingerprint density at radius 2 is 2.35 bits per heavy atom. The Kier molecular flexibility index (Phi) is 5.11. The summed E-state index contributed by atoms with van der Waals surface area (Å²) >= 11 is 0. The topological polar surface area (TPSA) is 73.6 Å². The van der Waals surface area contributed by atoms with Crippen LogP contribution in [0.25, 0.3) is 0 Å². The second-order valence-corrected chi connectivity index (χ2v) is 3.71. The van der Waals surface area contributed by atoms with Gasteiger partial charge in [0, 0.05) is 13.7 Å². The Bertz CT molecular complexity index is 376. The molecule has 1 rings (SSSR count). The third-order valence-corrected chi connectivity index (χ3v) is 2.35. The van der Waals surface area contributed by atoms with Crippen LogP contribution in [-0.4, -0.2) is 40.2 Å².